The van der Waals surface area contributed by atoms with E-state index in [1.165, 1.54) is 0 Å². The second-order valence-electron chi connectivity index (χ2n) is 4.98. The molecule has 4 nitrogen and oxygen atoms in total. The van der Waals surface area contributed by atoms with Crippen LogP contribution in [0.25, 0.3) is 10.9 Å². The van der Waals surface area contributed by atoms with Crippen LogP contribution in [0.4, 0.5) is 0 Å². The maximum Gasteiger partial charge on any atom is 0.0993 e. The molecule has 2 aromatic rings. The third-order valence-corrected chi connectivity index (χ3v) is 4.41. The van der Waals surface area contributed by atoms with E-state index in [0.29, 0.717) is 16.9 Å². The molecular formula is C12H12ClN3O. The molecule has 1 aromatic carbocycles. The standard InChI is InChI=1S/C12H12ClN3O/c13-6-1-8(7-3-15-16-11(7)2-6)12(17)9-4-14-5-10(9)12/h1-3,9-10,14,17H,4-5H2,(H,15,16)/t9-,10+,12?. The number of nitrogens with one attached hydrogen (secondary N) is 2. The molecule has 1 aliphatic heterocycles. The summed E-state index contributed by atoms with van der Waals surface area (Å²) < 4.78 is 0. The number of aromatic amines is 1. The van der Waals surface area contributed by atoms with E-state index in [0.717, 1.165) is 29.6 Å². The molecule has 2 heterocycles. The van der Waals surface area contributed by atoms with Crippen LogP contribution in [0.3, 0.4) is 0 Å². The minimum Gasteiger partial charge on any atom is -0.384 e. The lowest BCUT2D eigenvalue weighted by molar-refractivity contribution is 0.110. The zero-order valence-electron chi connectivity index (χ0n) is 9.07. The average Bonchev–Trinajstić information content (AvgIpc) is 2.79. The van der Waals surface area contributed by atoms with Crippen molar-refractivity contribution in [2.75, 3.05) is 13.1 Å². The molecule has 88 valence electrons. The van der Waals surface area contributed by atoms with Gasteiger partial charge in [0, 0.05) is 35.3 Å². The average molecular weight is 250 g/mol. The molecule has 0 radical (unpaired) electrons. The Morgan fingerprint density at radius 1 is 1.35 bits per heavy atom. The Balaban J connectivity index is 1.94. The lowest BCUT2D eigenvalue weighted by atomic mass is 9.99. The molecule has 1 saturated carbocycles. The highest BCUT2D eigenvalue weighted by molar-refractivity contribution is 6.31. The van der Waals surface area contributed by atoms with Crippen molar-refractivity contribution >= 4 is 22.5 Å². The second kappa shape index (κ2) is 3.02. The molecule has 1 unspecified atom stereocenters. The van der Waals surface area contributed by atoms with Gasteiger partial charge in [-0.05, 0) is 17.7 Å². The summed E-state index contributed by atoms with van der Waals surface area (Å²) in [4.78, 5) is 0. The first kappa shape index (κ1) is 9.88. The molecule has 17 heavy (non-hydrogen) atoms. The van der Waals surface area contributed by atoms with Crippen molar-refractivity contribution in [1.29, 1.82) is 0 Å². The summed E-state index contributed by atoms with van der Waals surface area (Å²) in [5.41, 5.74) is 1.10. The number of aromatic nitrogens is 2. The number of rotatable bonds is 1. The van der Waals surface area contributed by atoms with Gasteiger partial charge in [-0.15, -0.1) is 0 Å². The van der Waals surface area contributed by atoms with Crippen LogP contribution >= 0.6 is 11.6 Å². The van der Waals surface area contributed by atoms with Gasteiger partial charge in [0.2, 0.25) is 0 Å². The topological polar surface area (TPSA) is 60.9 Å². The fourth-order valence-corrected chi connectivity index (χ4v) is 3.48. The first-order valence-electron chi connectivity index (χ1n) is 5.77. The Labute approximate surface area is 103 Å². The van der Waals surface area contributed by atoms with Crippen LogP contribution in [0.5, 0.6) is 0 Å². The molecule has 1 aromatic heterocycles. The largest absolute Gasteiger partial charge is 0.384 e. The number of H-pyrrole nitrogens is 1. The molecular weight excluding hydrogens is 238 g/mol. The predicted molar refractivity (Wildman–Crippen MR) is 64.9 cm³/mol. The van der Waals surface area contributed by atoms with Gasteiger partial charge in [0.05, 0.1) is 17.3 Å². The minimum absolute atomic E-state index is 0.319. The normalized spacial score (nSPS) is 35.2. The van der Waals surface area contributed by atoms with E-state index in [4.69, 9.17) is 11.6 Å². The van der Waals surface area contributed by atoms with Crippen LogP contribution in [-0.4, -0.2) is 28.4 Å². The highest BCUT2D eigenvalue weighted by atomic mass is 35.5. The summed E-state index contributed by atoms with van der Waals surface area (Å²) in [7, 11) is 0. The van der Waals surface area contributed by atoms with Gasteiger partial charge in [-0.3, -0.25) is 5.10 Å². The van der Waals surface area contributed by atoms with Crippen LogP contribution in [0, 0.1) is 11.8 Å². The van der Waals surface area contributed by atoms with Gasteiger partial charge >= 0.3 is 0 Å². The maximum absolute atomic E-state index is 10.8. The van der Waals surface area contributed by atoms with Crippen molar-refractivity contribution < 1.29 is 5.11 Å². The van der Waals surface area contributed by atoms with Gasteiger partial charge in [-0.2, -0.15) is 5.10 Å². The Morgan fingerprint density at radius 3 is 2.88 bits per heavy atom. The van der Waals surface area contributed by atoms with Crippen molar-refractivity contribution in [1.82, 2.24) is 15.5 Å². The lowest BCUT2D eigenvalue weighted by Crippen LogP contribution is -2.25. The van der Waals surface area contributed by atoms with Gasteiger partial charge in [0.25, 0.3) is 0 Å². The lowest BCUT2D eigenvalue weighted by Gasteiger charge is -2.16. The number of aliphatic hydroxyl groups is 1. The number of halogens is 1. The van der Waals surface area contributed by atoms with Crippen LogP contribution in [0.1, 0.15) is 5.56 Å². The van der Waals surface area contributed by atoms with E-state index in [9.17, 15) is 5.11 Å². The molecule has 0 spiro atoms. The van der Waals surface area contributed by atoms with Crippen LogP contribution in [0.15, 0.2) is 18.3 Å². The third kappa shape index (κ3) is 1.13. The van der Waals surface area contributed by atoms with E-state index in [-0.39, 0.29) is 0 Å². The molecule has 3 N–H and O–H groups in total. The van der Waals surface area contributed by atoms with Gasteiger partial charge < -0.3 is 10.4 Å². The van der Waals surface area contributed by atoms with Gasteiger partial charge in [-0.1, -0.05) is 11.6 Å². The molecule has 3 atom stereocenters. The molecule has 4 rings (SSSR count). The van der Waals surface area contributed by atoms with Crippen molar-refractivity contribution in [2.24, 2.45) is 11.8 Å². The smallest absolute Gasteiger partial charge is 0.0993 e. The minimum atomic E-state index is -0.710. The van der Waals surface area contributed by atoms with Gasteiger partial charge in [0.1, 0.15) is 0 Å². The van der Waals surface area contributed by atoms with Crippen LogP contribution in [-0.2, 0) is 5.60 Å². The zero-order chi connectivity index (χ0) is 11.6. The summed E-state index contributed by atoms with van der Waals surface area (Å²) >= 11 is 6.10. The summed E-state index contributed by atoms with van der Waals surface area (Å²) in [6.07, 6.45) is 1.76. The van der Waals surface area contributed by atoms with Crippen LogP contribution in [0.2, 0.25) is 5.02 Å². The van der Waals surface area contributed by atoms with Crippen molar-refractivity contribution in [2.45, 2.75) is 5.60 Å². The number of benzene rings is 1. The van der Waals surface area contributed by atoms with Gasteiger partial charge in [0.15, 0.2) is 0 Å². The number of piperidine rings is 1. The van der Waals surface area contributed by atoms with Crippen molar-refractivity contribution in [3.63, 3.8) is 0 Å². The highest BCUT2D eigenvalue weighted by Gasteiger charge is 2.67. The van der Waals surface area contributed by atoms with E-state index < -0.39 is 5.60 Å². The molecule has 5 heteroatoms. The molecule has 2 aliphatic rings. The Kier molecular flexibility index (Phi) is 1.75. The SMILES string of the molecule is OC1(c2cc(Cl)cc3[nH]ncc23)[C@@H]2CNC[C@@H]21. The van der Waals surface area contributed by atoms with Crippen molar-refractivity contribution in [3.8, 4) is 0 Å². The van der Waals surface area contributed by atoms with Gasteiger partial charge in [-0.25, -0.2) is 0 Å². The third-order valence-electron chi connectivity index (χ3n) is 4.19. The molecule has 2 fully saturated rings. The maximum atomic E-state index is 10.8. The summed E-state index contributed by atoms with van der Waals surface area (Å²) in [6, 6.07) is 3.71. The van der Waals surface area contributed by atoms with E-state index in [2.05, 4.69) is 15.5 Å². The quantitative estimate of drug-likeness (QED) is 0.713. The summed E-state index contributed by atoms with van der Waals surface area (Å²) in [5.74, 6) is 0.637. The molecule has 0 bridgehead atoms. The first-order valence-corrected chi connectivity index (χ1v) is 6.15. The Morgan fingerprint density at radius 2 is 2.12 bits per heavy atom. The van der Waals surface area contributed by atoms with Crippen molar-refractivity contribution in [3.05, 3.63) is 28.9 Å². The number of hydrogen-bond donors (Lipinski definition) is 3. The van der Waals surface area contributed by atoms with Crippen LogP contribution < -0.4 is 5.32 Å². The van der Waals surface area contributed by atoms with E-state index in [1.54, 1.807) is 6.20 Å². The fraction of sp³-hybridized carbons (Fsp3) is 0.417. The zero-order valence-corrected chi connectivity index (χ0v) is 9.83. The van der Waals surface area contributed by atoms with E-state index >= 15 is 0 Å². The summed E-state index contributed by atoms with van der Waals surface area (Å²) in [5, 5.41) is 22.6. The second-order valence-corrected chi connectivity index (χ2v) is 5.42. The Hall–Kier alpha value is -1.10. The molecule has 1 aliphatic carbocycles. The number of fused-ring (bicyclic) bond motifs is 2. The fourth-order valence-electron chi connectivity index (χ4n) is 3.26. The first-order chi connectivity index (χ1) is 8.21. The van der Waals surface area contributed by atoms with E-state index in [1.807, 2.05) is 12.1 Å². The molecule has 0 amide bonds. The number of nitrogens with zero attached hydrogens (tertiary/aromatic N) is 1. The number of hydrogen-bond acceptors (Lipinski definition) is 3. The molecule has 1 saturated heterocycles. The Bertz CT molecular complexity index is 599. The monoisotopic (exact) mass is 249 g/mol. The highest BCUT2D eigenvalue weighted by Crippen LogP contribution is 2.60. The predicted octanol–water partition coefficient (Wildman–Crippen LogP) is 1.25. The summed E-state index contributed by atoms with van der Waals surface area (Å²) in [6.45, 7) is 1.76.